The first-order chi connectivity index (χ1) is 32.8. The van der Waals surface area contributed by atoms with Crippen LogP contribution in [-0.4, -0.2) is 4.57 Å². The van der Waals surface area contributed by atoms with Crippen LogP contribution in [0.15, 0.2) is 267 Å². The quantitative estimate of drug-likeness (QED) is 0.141. The minimum atomic E-state index is 1.07. The number of hydrogen-bond donors (Lipinski definition) is 0. The number of hydrogen-bond acceptors (Lipinski definition) is 1. The van der Waals surface area contributed by atoms with E-state index in [4.69, 9.17) is 0 Å². The van der Waals surface area contributed by atoms with Crippen molar-refractivity contribution in [2.75, 3.05) is 4.90 Å². The second-order valence-electron chi connectivity index (χ2n) is 16.9. The summed E-state index contributed by atoms with van der Waals surface area (Å²) in [5.41, 5.74) is 18.6. The molecule has 12 rings (SSSR count). The maximum atomic E-state index is 2.43. The molecule has 0 aliphatic heterocycles. The Bertz CT molecular complexity index is 3610. The topological polar surface area (TPSA) is 8.17 Å². The van der Waals surface area contributed by atoms with E-state index in [9.17, 15) is 0 Å². The van der Waals surface area contributed by atoms with Crippen LogP contribution in [0.1, 0.15) is 0 Å². The number of benzene rings is 11. The summed E-state index contributed by atoms with van der Waals surface area (Å²) in [7, 11) is 0. The highest BCUT2D eigenvalue weighted by Gasteiger charge is 2.21. The first kappa shape index (κ1) is 38.9. The van der Waals surface area contributed by atoms with Crippen molar-refractivity contribution < 1.29 is 0 Å². The van der Waals surface area contributed by atoms with Crippen LogP contribution in [0, 0.1) is 0 Å². The van der Waals surface area contributed by atoms with Gasteiger partial charge < -0.3 is 9.47 Å². The van der Waals surface area contributed by atoms with E-state index in [1.807, 2.05) is 0 Å². The molecule has 310 valence electrons. The second kappa shape index (κ2) is 16.8. The molecule has 0 aliphatic rings. The molecule has 2 nitrogen and oxygen atoms in total. The predicted molar refractivity (Wildman–Crippen MR) is 280 cm³/mol. The summed E-state index contributed by atoms with van der Waals surface area (Å²) in [6, 6.07) is 96.9. The highest BCUT2D eigenvalue weighted by molar-refractivity contribution is 6.10. The Balaban J connectivity index is 1.04. The van der Waals surface area contributed by atoms with Crippen LogP contribution in [0.3, 0.4) is 0 Å². The maximum Gasteiger partial charge on any atom is 0.0541 e. The van der Waals surface area contributed by atoms with Gasteiger partial charge in [-0.2, -0.15) is 0 Å². The van der Waals surface area contributed by atoms with Crippen LogP contribution in [0.5, 0.6) is 0 Å². The van der Waals surface area contributed by atoms with Crippen molar-refractivity contribution in [3.63, 3.8) is 0 Å². The third-order valence-corrected chi connectivity index (χ3v) is 13.0. The molecule has 0 atom stereocenters. The van der Waals surface area contributed by atoms with E-state index in [0.29, 0.717) is 0 Å². The van der Waals surface area contributed by atoms with E-state index < -0.39 is 0 Å². The Morgan fingerprint density at radius 3 is 1.35 bits per heavy atom. The monoisotopic (exact) mass is 840 g/mol. The highest BCUT2D eigenvalue weighted by Crippen LogP contribution is 2.45. The SMILES string of the molecule is c1ccc(-c2ccc(N(c3ccc(-c4c(-c5ccccc5)ccc5ccccc45)cc3)c3ccc(-c4ccccc4-n4c5ccccc5c5ccccc54)c(-c4ccccc4)c3)cc2)cc1. The van der Waals surface area contributed by atoms with Gasteiger partial charge >= 0.3 is 0 Å². The van der Waals surface area contributed by atoms with Gasteiger partial charge in [-0.1, -0.05) is 212 Å². The molecule has 0 N–H and O–H groups in total. The summed E-state index contributed by atoms with van der Waals surface area (Å²) in [6.07, 6.45) is 0. The van der Waals surface area contributed by atoms with Crippen LogP contribution < -0.4 is 4.90 Å². The fraction of sp³-hybridized carbons (Fsp3) is 0. The zero-order valence-corrected chi connectivity index (χ0v) is 36.3. The normalized spacial score (nSPS) is 11.3. The van der Waals surface area contributed by atoms with E-state index in [1.165, 1.54) is 77.1 Å². The lowest BCUT2D eigenvalue weighted by Gasteiger charge is -2.27. The molecule has 1 heterocycles. The molecule has 0 saturated heterocycles. The molecule has 0 amide bonds. The van der Waals surface area contributed by atoms with E-state index in [2.05, 4.69) is 276 Å². The minimum Gasteiger partial charge on any atom is -0.310 e. The van der Waals surface area contributed by atoms with Crippen LogP contribution in [-0.2, 0) is 0 Å². The van der Waals surface area contributed by atoms with Gasteiger partial charge in [0.25, 0.3) is 0 Å². The van der Waals surface area contributed by atoms with E-state index in [0.717, 1.165) is 33.9 Å². The number of aromatic nitrogens is 1. The lowest BCUT2D eigenvalue weighted by atomic mass is 9.89. The van der Waals surface area contributed by atoms with Gasteiger partial charge in [0.1, 0.15) is 0 Å². The molecule has 1 aromatic heterocycles. The second-order valence-corrected chi connectivity index (χ2v) is 16.9. The lowest BCUT2D eigenvalue weighted by molar-refractivity contribution is 1.18. The first-order valence-electron chi connectivity index (χ1n) is 22.7. The van der Waals surface area contributed by atoms with Gasteiger partial charge in [0.2, 0.25) is 0 Å². The van der Waals surface area contributed by atoms with Gasteiger partial charge in [0.05, 0.1) is 16.7 Å². The van der Waals surface area contributed by atoms with E-state index in [-0.39, 0.29) is 0 Å². The molecule has 0 spiro atoms. The molecule has 0 bridgehead atoms. The molecule has 0 fully saturated rings. The first-order valence-corrected chi connectivity index (χ1v) is 22.7. The van der Waals surface area contributed by atoms with Gasteiger partial charge in [-0.3, -0.25) is 0 Å². The molecular weight excluding hydrogens is 797 g/mol. The predicted octanol–water partition coefficient (Wildman–Crippen LogP) is 17.7. The van der Waals surface area contributed by atoms with Crippen molar-refractivity contribution in [3.05, 3.63) is 267 Å². The smallest absolute Gasteiger partial charge is 0.0541 e. The third kappa shape index (κ3) is 6.93. The van der Waals surface area contributed by atoms with E-state index >= 15 is 0 Å². The summed E-state index contributed by atoms with van der Waals surface area (Å²) < 4.78 is 2.43. The summed E-state index contributed by atoms with van der Waals surface area (Å²) in [5, 5.41) is 4.96. The van der Waals surface area contributed by atoms with Crippen molar-refractivity contribution in [1.82, 2.24) is 4.57 Å². The molecular formula is C64H44N2. The Kier molecular flexibility index (Phi) is 9.89. The Morgan fingerprint density at radius 2 is 0.712 bits per heavy atom. The minimum absolute atomic E-state index is 1.07. The Labute approximate surface area is 385 Å². The molecule has 66 heavy (non-hydrogen) atoms. The summed E-state index contributed by atoms with van der Waals surface area (Å²) >= 11 is 0. The molecule has 2 heteroatoms. The molecule has 0 unspecified atom stereocenters. The number of para-hydroxylation sites is 3. The zero-order valence-electron chi connectivity index (χ0n) is 36.3. The Hall–Kier alpha value is -8.72. The Morgan fingerprint density at radius 1 is 0.258 bits per heavy atom. The third-order valence-electron chi connectivity index (χ3n) is 13.0. The summed E-state index contributed by atoms with van der Waals surface area (Å²) in [5.74, 6) is 0. The average Bonchev–Trinajstić information content (AvgIpc) is 3.74. The summed E-state index contributed by atoms with van der Waals surface area (Å²) in [4.78, 5) is 2.40. The molecule has 0 aliphatic carbocycles. The molecule has 11 aromatic carbocycles. The average molecular weight is 841 g/mol. The van der Waals surface area contributed by atoms with Gasteiger partial charge in [0.15, 0.2) is 0 Å². The van der Waals surface area contributed by atoms with Gasteiger partial charge in [-0.05, 0) is 115 Å². The van der Waals surface area contributed by atoms with Crippen molar-refractivity contribution >= 4 is 49.6 Å². The van der Waals surface area contributed by atoms with Gasteiger partial charge in [-0.15, -0.1) is 0 Å². The zero-order chi connectivity index (χ0) is 43.8. The number of fused-ring (bicyclic) bond motifs is 4. The van der Waals surface area contributed by atoms with Crippen LogP contribution in [0.4, 0.5) is 17.1 Å². The number of nitrogens with zero attached hydrogens (tertiary/aromatic N) is 2. The highest BCUT2D eigenvalue weighted by atomic mass is 15.1. The van der Waals surface area contributed by atoms with Crippen LogP contribution >= 0.6 is 0 Å². The van der Waals surface area contributed by atoms with Crippen molar-refractivity contribution in [1.29, 1.82) is 0 Å². The summed E-state index contributed by atoms with van der Waals surface area (Å²) in [6.45, 7) is 0. The standard InChI is InChI=1S/C64H44N2/c1-4-18-45(19-5-1)46-32-37-51(38-33-46)65(52-39-34-50(35-40-52)64-54-25-11-10-24-49(54)36-42-55(64)47-20-6-2-7-21-47)53-41-43-56(60(44-53)48-22-8-3-9-23-48)57-26-12-15-29-61(57)66-62-30-16-13-27-58(62)59-28-14-17-31-63(59)66/h1-44H. The number of rotatable bonds is 9. The maximum absolute atomic E-state index is 2.43. The van der Waals surface area contributed by atoms with Crippen molar-refractivity contribution in [2.45, 2.75) is 0 Å². The van der Waals surface area contributed by atoms with Crippen LogP contribution in [0.25, 0.3) is 93.9 Å². The van der Waals surface area contributed by atoms with Gasteiger partial charge in [0, 0.05) is 33.4 Å². The molecule has 12 aromatic rings. The molecule has 0 saturated carbocycles. The fourth-order valence-corrected chi connectivity index (χ4v) is 9.94. The van der Waals surface area contributed by atoms with E-state index in [1.54, 1.807) is 0 Å². The lowest BCUT2D eigenvalue weighted by Crippen LogP contribution is -2.10. The van der Waals surface area contributed by atoms with Gasteiger partial charge in [-0.25, -0.2) is 0 Å². The molecule has 0 radical (unpaired) electrons. The van der Waals surface area contributed by atoms with Crippen molar-refractivity contribution in [3.8, 4) is 61.3 Å². The fourth-order valence-electron chi connectivity index (χ4n) is 9.94. The number of anilines is 3. The van der Waals surface area contributed by atoms with Crippen molar-refractivity contribution in [2.24, 2.45) is 0 Å². The largest absolute Gasteiger partial charge is 0.310 e. The van der Waals surface area contributed by atoms with Crippen LogP contribution in [0.2, 0.25) is 0 Å².